The van der Waals surface area contributed by atoms with E-state index in [0.717, 1.165) is 35.7 Å². The number of carbonyl (C=O) groups is 2. The summed E-state index contributed by atoms with van der Waals surface area (Å²) in [4.78, 5) is 24.2. The maximum atomic E-state index is 13.9. The van der Waals surface area contributed by atoms with Gasteiger partial charge in [-0.3, -0.25) is 4.79 Å². The normalized spacial score (nSPS) is 10.3. The van der Waals surface area contributed by atoms with Gasteiger partial charge in [0.25, 0.3) is 5.91 Å². The Morgan fingerprint density at radius 3 is 2.27 bits per heavy atom. The minimum absolute atomic E-state index is 0.248. The third kappa shape index (κ3) is 4.59. The van der Waals surface area contributed by atoms with E-state index >= 15 is 0 Å². The Hall–Kier alpha value is -2.89. The molecule has 0 heterocycles. The lowest BCUT2D eigenvalue weighted by molar-refractivity contribution is -0.119. The van der Waals surface area contributed by atoms with E-state index in [-0.39, 0.29) is 5.56 Å². The smallest absolute Gasteiger partial charge is 0.341 e. The molecule has 1 N–H and O–H groups in total. The van der Waals surface area contributed by atoms with Crippen molar-refractivity contribution in [3.05, 3.63) is 58.9 Å². The molecule has 0 saturated carbocycles. The minimum Gasteiger partial charge on any atom is -0.497 e. The van der Waals surface area contributed by atoms with Crippen LogP contribution in [0.1, 0.15) is 35.3 Å². The number of aryl methyl sites for hydroxylation is 2. The van der Waals surface area contributed by atoms with Gasteiger partial charge in [-0.2, -0.15) is 0 Å². The highest BCUT2D eigenvalue weighted by Gasteiger charge is 2.16. The lowest BCUT2D eigenvalue weighted by atomic mass is 10.0. The highest BCUT2D eigenvalue weighted by Crippen LogP contribution is 2.22. The maximum Gasteiger partial charge on any atom is 0.341 e. The van der Waals surface area contributed by atoms with Crippen molar-refractivity contribution in [2.45, 2.75) is 26.7 Å². The van der Waals surface area contributed by atoms with Gasteiger partial charge in [0.15, 0.2) is 6.61 Å². The van der Waals surface area contributed by atoms with Gasteiger partial charge in [-0.15, -0.1) is 0 Å². The summed E-state index contributed by atoms with van der Waals surface area (Å²) >= 11 is 0. The van der Waals surface area contributed by atoms with Crippen LogP contribution in [0.2, 0.25) is 0 Å². The predicted molar refractivity (Wildman–Crippen MR) is 97.1 cm³/mol. The molecule has 0 atom stereocenters. The Balaban J connectivity index is 2.02. The number of hydrogen-bond donors (Lipinski definition) is 1. The molecule has 0 fully saturated rings. The molecule has 0 bridgehead atoms. The van der Waals surface area contributed by atoms with E-state index in [1.54, 1.807) is 0 Å². The minimum atomic E-state index is -0.903. The van der Waals surface area contributed by atoms with Crippen LogP contribution < -0.4 is 10.1 Å². The summed E-state index contributed by atoms with van der Waals surface area (Å²) in [6, 6.07) is 9.61. The molecule has 2 aromatic carbocycles. The van der Waals surface area contributed by atoms with Gasteiger partial charge in [-0.05, 0) is 36.1 Å². The topological polar surface area (TPSA) is 64.6 Å². The Morgan fingerprint density at radius 1 is 1.08 bits per heavy atom. The molecule has 0 aliphatic heterocycles. The van der Waals surface area contributed by atoms with Crippen LogP contribution in [0.3, 0.4) is 0 Å². The molecule has 0 radical (unpaired) electrons. The van der Waals surface area contributed by atoms with Crippen molar-refractivity contribution in [3.63, 3.8) is 0 Å². The molecule has 1 amide bonds. The zero-order chi connectivity index (χ0) is 19.1. The number of carbonyl (C=O) groups excluding carboxylic acids is 2. The predicted octanol–water partition coefficient (Wildman–Crippen LogP) is 3.75. The molecule has 2 aromatic rings. The van der Waals surface area contributed by atoms with Crippen molar-refractivity contribution in [2.24, 2.45) is 0 Å². The lowest BCUT2D eigenvalue weighted by Crippen LogP contribution is -2.22. The lowest BCUT2D eigenvalue weighted by Gasteiger charge is -2.14. The molecule has 2 rings (SSSR count). The van der Waals surface area contributed by atoms with Crippen molar-refractivity contribution >= 4 is 17.6 Å². The van der Waals surface area contributed by atoms with Gasteiger partial charge in [0.2, 0.25) is 0 Å². The number of halogens is 1. The summed E-state index contributed by atoms with van der Waals surface area (Å²) < 4.78 is 23.7. The van der Waals surface area contributed by atoms with E-state index in [1.807, 2.05) is 32.0 Å². The van der Waals surface area contributed by atoms with Crippen LogP contribution in [-0.2, 0) is 22.4 Å². The number of anilines is 1. The molecule has 0 aliphatic carbocycles. The third-order valence-electron chi connectivity index (χ3n) is 3.99. The Morgan fingerprint density at radius 2 is 1.73 bits per heavy atom. The molecule has 0 aromatic heterocycles. The molecular formula is C20H22FNO4. The molecule has 0 unspecified atom stereocenters. The molecule has 26 heavy (non-hydrogen) atoms. The Labute approximate surface area is 152 Å². The van der Waals surface area contributed by atoms with Crippen molar-refractivity contribution < 1.29 is 23.5 Å². The zero-order valence-corrected chi connectivity index (χ0v) is 15.1. The van der Waals surface area contributed by atoms with Gasteiger partial charge in [0, 0.05) is 11.8 Å². The van der Waals surface area contributed by atoms with Crippen LogP contribution in [-0.4, -0.2) is 25.6 Å². The first-order valence-electron chi connectivity index (χ1n) is 8.41. The molecule has 0 spiro atoms. The number of methoxy groups -OCH3 is 1. The Bertz CT molecular complexity index is 782. The van der Waals surface area contributed by atoms with Gasteiger partial charge in [-0.1, -0.05) is 32.0 Å². The van der Waals surface area contributed by atoms with Gasteiger partial charge < -0.3 is 14.8 Å². The highest BCUT2D eigenvalue weighted by atomic mass is 19.1. The summed E-state index contributed by atoms with van der Waals surface area (Å²) in [5, 5.41) is 2.79. The zero-order valence-electron chi connectivity index (χ0n) is 15.1. The number of ether oxygens (including phenoxy) is 2. The summed E-state index contributed by atoms with van der Waals surface area (Å²) in [6.45, 7) is 3.50. The van der Waals surface area contributed by atoms with Gasteiger partial charge in [0.05, 0.1) is 12.7 Å². The first-order valence-corrected chi connectivity index (χ1v) is 8.41. The molecular weight excluding hydrogens is 337 g/mol. The van der Waals surface area contributed by atoms with Crippen LogP contribution in [0.15, 0.2) is 36.4 Å². The fourth-order valence-corrected chi connectivity index (χ4v) is 2.58. The summed E-state index contributed by atoms with van der Waals surface area (Å²) in [6.07, 6.45) is 1.53. The molecule has 138 valence electrons. The van der Waals surface area contributed by atoms with Gasteiger partial charge in [-0.25, -0.2) is 9.18 Å². The highest BCUT2D eigenvalue weighted by molar-refractivity contribution is 5.96. The van der Waals surface area contributed by atoms with Crippen molar-refractivity contribution in [2.75, 3.05) is 19.0 Å². The number of esters is 1. The number of nitrogens with one attached hydrogen (secondary N) is 1. The summed E-state index contributed by atoms with van der Waals surface area (Å²) in [5.41, 5.74) is 2.51. The van der Waals surface area contributed by atoms with E-state index < -0.39 is 24.3 Å². The van der Waals surface area contributed by atoms with E-state index in [0.29, 0.717) is 5.75 Å². The van der Waals surface area contributed by atoms with Crippen molar-refractivity contribution in [3.8, 4) is 5.75 Å². The fraction of sp³-hybridized carbons (Fsp3) is 0.300. The monoisotopic (exact) mass is 359 g/mol. The number of amides is 1. The van der Waals surface area contributed by atoms with E-state index in [2.05, 4.69) is 5.32 Å². The average molecular weight is 359 g/mol. The van der Waals surface area contributed by atoms with E-state index in [1.165, 1.54) is 19.2 Å². The second-order valence-corrected chi connectivity index (χ2v) is 5.63. The van der Waals surface area contributed by atoms with Crippen molar-refractivity contribution in [1.82, 2.24) is 0 Å². The molecule has 5 nitrogen and oxygen atoms in total. The first-order chi connectivity index (χ1) is 12.5. The number of benzene rings is 2. The average Bonchev–Trinajstić information content (AvgIpc) is 2.66. The first kappa shape index (κ1) is 19.4. The molecule has 0 aliphatic rings. The van der Waals surface area contributed by atoms with Crippen LogP contribution in [0.4, 0.5) is 10.1 Å². The largest absolute Gasteiger partial charge is 0.497 e. The summed E-state index contributed by atoms with van der Waals surface area (Å²) in [7, 11) is 1.40. The number of para-hydroxylation sites is 1. The standard InChI is InChI=1S/C20H22FNO4/c1-4-13-7-6-8-14(5-2)19(13)22-18(23)12-26-20(24)16-10-9-15(25-3)11-17(16)21/h6-11H,4-5,12H2,1-3H3,(H,22,23). The second-order valence-electron chi connectivity index (χ2n) is 5.63. The van der Waals surface area contributed by atoms with Gasteiger partial charge in [0.1, 0.15) is 11.6 Å². The van der Waals surface area contributed by atoms with E-state index in [9.17, 15) is 14.0 Å². The van der Waals surface area contributed by atoms with Crippen LogP contribution in [0.25, 0.3) is 0 Å². The van der Waals surface area contributed by atoms with Crippen LogP contribution in [0, 0.1) is 5.82 Å². The third-order valence-corrected chi connectivity index (χ3v) is 3.99. The van der Waals surface area contributed by atoms with Crippen LogP contribution >= 0.6 is 0 Å². The Kier molecular flexibility index (Phi) is 6.72. The second kappa shape index (κ2) is 8.99. The number of rotatable bonds is 7. The quantitative estimate of drug-likeness (QED) is 0.765. The van der Waals surface area contributed by atoms with Crippen LogP contribution in [0.5, 0.6) is 5.75 Å². The fourth-order valence-electron chi connectivity index (χ4n) is 2.58. The maximum absolute atomic E-state index is 13.9. The number of hydrogen-bond acceptors (Lipinski definition) is 4. The van der Waals surface area contributed by atoms with Crippen molar-refractivity contribution in [1.29, 1.82) is 0 Å². The van der Waals surface area contributed by atoms with E-state index in [4.69, 9.17) is 9.47 Å². The molecule has 0 saturated heterocycles. The molecule has 6 heteroatoms. The SMILES string of the molecule is CCc1cccc(CC)c1NC(=O)COC(=O)c1ccc(OC)cc1F. The summed E-state index contributed by atoms with van der Waals surface area (Å²) in [5.74, 6) is -1.85. The van der Waals surface area contributed by atoms with Gasteiger partial charge >= 0.3 is 5.97 Å².